The van der Waals surface area contributed by atoms with Crippen LogP contribution >= 0.6 is 0 Å². The van der Waals surface area contributed by atoms with Crippen molar-refractivity contribution in [1.29, 1.82) is 0 Å². The summed E-state index contributed by atoms with van der Waals surface area (Å²) in [4.78, 5) is 25.3. The van der Waals surface area contributed by atoms with E-state index in [0.717, 1.165) is 66.6 Å². The van der Waals surface area contributed by atoms with E-state index in [4.69, 9.17) is 24.9 Å². The lowest BCUT2D eigenvalue weighted by Crippen LogP contribution is -2.13. The van der Waals surface area contributed by atoms with Gasteiger partial charge in [-0.25, -0.2) is 24.9 Å². The van der Waals surface area contributed by atoms with Gasteiger partial charge in [0.2, 0.25) is 0 Å². The van der Waals surface area contributed by atoms with Gasteiger partial charge in [-0.2, -0.15) is 0 Å². The number of pyridine rings is 2. The summed E-state index contributed by atoms with van der Waals surface area (Å²) < 4.78 is 0. The Kier molecular flexibility index (Phi) is 7.30. The van der Waals surface area contributed by atoms with Crippen LogP contribution in [0.5, 0.6) is 0 Å². The smallest absolute Gasteiger partial charge is 0.164 e. The molecule has 0 aliphatic heterocycles. The molecule has 8 rings (SSSR count). The fourth-order valence-electron chi connectivity index (χ4n) is 6.05. The topological polar surface area (TPSA) is 64.5 Å². The zero-order chi connectivity index (χ0) is 32.7. The lowest BCUT2D eigenvalue weighted by Gasteiger charge is -2.19. The maximum Gasteiger partial charge on any atom is 0.164 e. The Morgan fingerprint density at radius 1 is 0.396 bits per heavy atom. The molecule has 3 aromatic heterocycles. The highest BCUT2D eigenvalue weighted by Gasteiger charge is 2.19. The molecule has 0 unspecified atom stereocenters. The Balaban J connectivity index is 1.34. The molecule has 0 aliphatic rings. The fourth-order valence-corrected chi connectivity index (χ4v) is 6.05. The minimum absolute atomic E-state index is 0.0910. The summed E-state index contributed by atoms with van der Waals surface area (Å²) in [5.74, 6) is 1.87. The minimum atomic E-state index is -0.0910. The van der Waals surface area contributed by atoms with E-state index >= 15 is 0 Å². The van der Waals surface area contributed by atoms with Gasteiger partial charge in [-0.3, -0.25) is 0 Å². The van der Waals surface area contributed by atoms with Gasteiger partial charge in [0.1, 0.15) is 0 Å². The van der Waals surface area contributed by atoms with Crippen molar-refractivity contribution in [2.24, 2.45) is 0 Å². The lowest BCUT2D eigenvalue weighted by atomic mass is 9.91. The van der Waals surface area contributed by atoms with Crippen LogP contribution in [-0.4, -0.2) is 24.9 Å². The third-order valence-corrected chi connectivity index (χ3v) is 8.61. The van der Waals surface area contributed by atoms with E-state index in [0.29, 0.717) is 17.5 Å². The number of aromatic nitrogens is 5. The normalized spacial score (nSPS) is 11.6. The lowest BCUT2D eigenvalue weighted by molar-refractivity contribution is 0.571. The van der Waals surface area contributed by atoms with Crippen LogP contribution in [0.2, 0.25) is 0 Å². The van der Waals surface area contributed by atoms with Crippen LogP contribution in [0.3, 0.4) is 0 Å². The Morgan fingerprint density at radius 3 is 1.52 bits per heavy atom. The van der Waals surface area contributed by atoms with Crippen LogP contribution in [0.1, 0.15) is 26.5 Å². The molecule has 5 nitrogen and oxygen atoms in total. The van der Waals surface area contributed by atoms with E-state index in [2.05, 4.69) is 87.5 Å². The molecule has 3 heterocycles. The first kappa shape index (κ1) is 29.3. The highest BCUT2D eigenvalue weighted by Crippen LogP contribution is 2.37. The van der Waals surface area contributed by atoms with Gasteiger partial charge in [-0.1, -0.05) is 148 Å². The van der Waals surface area contributed by atoms with Crippen LogP contribution in [-0.2, 0) is 5.41 Å². The first-order chi connectivity index (χ1) is 23.4. The zero-order valence-corrected chi connectivity index (χ0v) is 27.1. The van der Waals surface area contributed by atoms with Crippen LogP contribution in [0, 0.1) is 0 Å². The summed E-state index contributed by atoms with van der Waals surface area (Å²) in [5.41, 5.74) is 9.58. The van der Waals surface area contributed by atoms with E-state index in [1.807, 2.05) is 78.9 Å². The van der Waals surface area contributed by atoms with E-state index in [9.17, 15) is 0 Å². The number of rotatable bonds is 5. The third kappa shape index (κ3) is 5.60. The van der Waals surface area contributed by atoms with Crippen molar-refractivity contribution in [1.82, 2.24) is 24.9 Å². The number of nitrogens with zero attached hydrogens (tertiary/aromatic N) is 5. The van der Waals surface area contributed by atoms with Gasteiger partial charge in [0, 0.05) is 44.1 Å². The van der Waals surface area contributed by atoms with Crippen molar-refractivity contribution in [2.45, 2.75) is 26.2 Å². The fraction of sp³-hybridized carbons (Fsp3) is 0.0930. The van der Waals surface area contributed by atoms with Crippen molar-refractivity contribution in [3.63, 3.8) is 0 Å². The molecule has 0 amide bonds. The Hall–Kier alpha value is -6.07. The van der Waals surface area contributed by atoms with E-state index in [1.165, 1.54) is 0 Å². The Morgan fingerprint density at radius 2 is 0.917 bits per heavy atom. The van der Waals surface area contributed by atoms with Gasteiger partial charge >= 0.3 is 0 Å². The molecular weight excluding hydrogens is 587 g/mol. The van der Waals surface area contributed by atoms with Crippen molar-refractivity contribution in [2.75, 3.05) is 0 Å². The highest BCUT2D eigenvalue weighted by molar-refractivity contribution is 6.09. The SMILES string of the molecule is CC(C)(C)c1ccc2ccc3c(-c4ccccc4)cc(-c4cccc(-c5nc(-c6ccccc6)nc(-c6ccccc6)n5)c4)nc3c2n1. The summed E-state index contributed by atoms with van der Waals surface area (Å²) in [5, 5.41) is 2.14. The van der Waals surface area contributed by atoms with Crippen molar-refractivity contribution >= 4 is 21.8 Å². The summed E-state index contributed by atoms with van der Waals surface area (Å²) in [6.45, 7) is 6.58. The number of hydrogen-bond acceptors (Lipinski definition) is 5. The van der Waals surface area contributed by atoms with Gasteiger partial charge in [0.25, 0.3) is 0 Å². The molecular formula is C43H33N5. The largest absolute Gasteiger partial charge is 0.250 e. The Bertz CT molecular complexity index is 2360. The molecule has 5 heteroatoms. The van der Waals surface area contributed by atoms with E-state index in [1.54, 1.807) is 0 Å². The van der Waals surface area contributed by atoms with Crippen molar-refractivity contribution in [3.8, 4) is 56.5 Å². The molecule has 0 bridgehead atoms. The molecule has 0 spiro atoms. The van der Waals surface area contributed by atoms with Crippen LogP contribution in [0.25, 0.3) is 78.4 Å². The average Bonchev–Trinajstić information content (AvgIpc) is 3.14. The van der Waals surface area contributed by atoms with Crippen molar-refractivity contribution in [3.05, 3.63) is 151 Å². The summed E-state index contributed by atoms with van der Waals surface area (Å²) in [6, 6.07) is 49.7. The third-order valence-electron chi connectivity index (χ3n) is 8.61. The van der Waals surface area contributed by atoms with Crippen LogP contribution < -0.4 is 0 Å². The summed E-state index contributed by atoms with van der Waals surface area (Å²) in [6.07, 6.45) is 0. The van der Waals surface area contributed by atoms with Gasteiger partial charge in [0.05, 0.1) is 16.7 Å². The van der Waals surface area contributed by atoms with E-state index < -0.39 is 0 Å². The standard InChI is InChI=1S/C43H33N5/c1-43(2,3)37-25-23-29-22-24-34-35(28-14-7-4-8-15-28)27-36(44-39(34)38(29)45-37)32-20-13-21-33(26-32)42-47-40(30-16-9-5-10-17-30)46-41(48-42)31-18-11-6-12-19-31/h4-27H,1-3H3. The van der Waals surface area contributed by atoms with Crippen LogP contribution in [0.15, 0.2) is 146 Å². The Labute approximate surface area is 280 Å². The average molecular weight is 620 g/mol. The molecule has 0 fully saturated rings. The van der Waals surface area contributed by atoms with Gasteiger partial charge in [0.15, 0.2) is 17.5 Å². The molecule has 8 aromatic rings. The predicted octanol–water partition coefficient (Wildman–Crippen LogP) is 10.6. The summed E-state index contributed by atoms with van der Waals surface area (Å²) in [7, 11) is 0. The second kappa shape index (κ2) is 11.9. The number of fused-ring (bicyclic) bond motifs is 3. The second-order valence-corrected chi connectivity index (χ2v) is 13.0. The molecule has 0 saturated carbocycles. The monoisotopic (exact) mass is 619 g/mol. The zero-order valence-electron chi connectivity index (χ0n) is 27.1. The van der Waals surface area contributed by atoms with E-state index in [-0.39, 0.29) is 5.41 Å². The molecule has 230 valence electrons. The van der Waals surface area contributed by atoms with Crippen molar-refractivity contribution < 1.29 is 0 Å². The maximum absolute atomic E-state index is 5.33. The molecule has 48 heavy (non-hydrogen) atoms. The quantitative estimate of drug-likeness (QED) is 0.179. The number of hydrogen-bond donors (Lipinski definition) is 0. The maximum atomic E-state index is 5.33. The molecule has 0 radical (unpaired) electrons. The van der Waals surface area contributed by atoms with Crippen LogP contribution in [0.4, 0.5) is 0 Å². The summed E-state index contributed by atoms with van der Waals surface area (Å²) >= 11 is 0. The van der Waals surface area contributed by atoms with Gasteiger partial charge in [-0.05, 0) is 29.3 Å². The predicted molar refractivity (Wildman–Crippen MR) is 196 cm³/mol. The first-order valence-corrected chi connectivity index (χ1v) is 16.2. The highest BCUT2D eigenvalue weighted by atomic mass is 15.0. The molecule has 0 atom stereocenters. The van der Waals surface area contributed by atoms with Gasteiger partial charge in [-0.15, -0.1) is 0 Å². The molecule has 0 saturated heterocycles. The first-order valence-electron chi connectivity index (χ1n) is 16.2. The second-order valence-electron chi connectivity index (χ2n) is 13.0. The molecule has 5 aromatic carbocycles. The number of benzene rings is 5. The minimum Gasteiger partial charge on any atom is -0.250 e. The molecule has 0 N–H and O–H groups in total. The van der Waals surface area contributed by atoms with Gasteiger partial charge < -0.3 is 0 Å². The molecule has 0 aliphatic carbocycles.